The monoisotopic (exact) mass is 404 g/mol. The normalized spacial score (nSPS) is 10.8. The van der Waals surface area contributed by atoms with Gasteiger partial charge < -0.3 is 4.74 Å². The summed E-state index contributed by atoms with van der Waals surface area (Å²) in [5.41, 5.74) is 1.29. The number of nitrogens with one attached hydrogen (secondary N) is 2. The Morgan fingerprint density at radius 2 is 1.97 bits per heavy atom. The van der Waals surface area contributed by atoms with E-state index in [0.29, 0.717) is 35.4 Å². The van der Waals surface area contributed by atoms with E-state index >= 15 is 0 Å². The number of carbonyl (C=O) groups excluding carboxylic acids is 1. The number of aromatic nitrogens is 5. The lowest BCUT2D eigenvalue weighted by Gasteiger charge is -2.06. The first-order valence-corrected chi connectivity index (χ1v) is 9.45. The maximum absolute atomic E-state index is 12.5. The van der Waals surface area contributed by atoms with Crippen molar-refractivity contribution in [1.29, 1.82) is 0 Å². The molecule has 0 fully saturated rings. The van der Waals surface area contributed by atoms with Crippen molar-refractivity contribution in [3.8, 4) is 17.1 Å². The minimum Gasteiger partial charge on any atom is -0.496 e. The zero-order chi connectivity index (χ0) is 20.9. The number of aryl methyl sites for hydroxylation is 1. The van der Waals surface area contributed by atoms with Gasteiger partial charge in [0.25, 0.3) is 5.56 Å². The van der Waals surface area contributed by atoms with E-state index in [4.69, 9.17) is 4.74 Å². The van der Waals surface area contributed by atoms with Crippen molar-refractivity contribution in [3.05, 3.63) is 65.2 Å². The summed E-state index contributed by atoms with van der Waals surface area (Å²) in [4.78, 5) is 33.3. The molecule has 2 N–H and O–H groups in total. The smallest absolute Gasteiger partial charge is 0.261 e. The van der Waals surface area contributed by atoms with Gasteiger partial charge in [-0.1, -0.05) is 24.3 Å². The van der Waals surface area contributed by atoms with Gasteiger partial charge in [-0.3, -0.25) is 24.6 Å². The Kier molecular flexibility index (Phi) is 5.51. The summed E-state index contributed by atoms with van der Waals surface area (Å²) in [6.45, 7) is 0.393. The van der Waals surface area contributed by atoms with E-state index in [9.17, 15) is 9.59 Å². The summed E-state index contributed by atoms with van der Waals surface area (Å²) in [6, 6.07) is 14.6. The quantitative estimate of drug-likeness (QED) is 0.489. The number of anilines is 1. The predicted octanol–water partition coefficient (Wildman–Crippen LogP) is 2.61. The molecule has 0 atom stereocenters. The van der Waals surface area contributed by atoms with Crippen molar-refractivity contribution < 1.29 is 9.53 Å². The minimum atomic E-state index is -0.234. The largest absolute Gasteiger partial charge is 0.496 e. The highest BCUT2D eigenvalue weighted by atomic mass is 16.5. The molecule has 0 saturated carbocycles. The summed E-state index contributed by atoms with van der Waals surface area (Å²) < 4.78 is 6.83. The average Bonchev–Trinajstić information content (AvgIpc) is 3.23. The van der Waals surface area contributed by atoms with E-state index in [0.717, 1.165) is 5.56 Å². The highest BCUT2D eigenvalue weighted by molar-refractivity contribution is 5.89. The summed E-state index contributed by atoms with van der Waals surface area (Å²) in [5, 5.41) is 10.1. The van der Waals surface area contributed by atoms with E-state index in [2.05, 4.69) is 25.5 Å². The number of para-hydroxylation sites is 2. The number of hydrogen-bond donors (Lipinski definition) is 2. The fourth-order valence-corrected chi connectivity index (χ4v) is 3.14. The van der Waals surface area contributed by atoms with Crippen LogP contribution in [0.2, 0.25) is 0 Å². The number of aromatic amines is 1. The minimum absolute atomic E-state index is 0.114. The number of fused-ring (bicyclic) bond motifs is 1. The van der Waals surface area contributed by atoms with Crippen molar-refractivity contribution in [2.24, 2.45) is 0 Å². The van der Waals surface area contributed by atoms with Crippen LogP contribution in [0.1, 0.15) is 12.8 Å². The molecule has 9 heteroatoms. The van der Waals surface area contributed by atoms with Crippen LogP contribution in [0.4, 0.5) is 5.95 Å². The Bertz CT molecular complexity index is 1250. The number of carbonyl (C=O) groups is 1. The number of benzene rings is 2. The Hall–Kier alpha value is -4.01. The number of ether oxygens (including phenoxy) is 1. The van der Waals surface area contributed by atoms with Gasteiger partial charge >= 0.3 is 0 Å². The number of rotatable bonds is 7. The van der Waals surface area contributed by atoms with Crippen molar-refractivity contribution in [2.45, 2.75) is 19.4 Å². The highest BCUT2D eigenvalue weighted by Gasteiger charge is 2.12. The zero-order valence-electron chi connectivity index (χ0n) is 16.3. The van der Waals surface area contributed by atoms with Gasteiger partial charge in [-0.2, -0.15) is 4.98 Å². The van der Waals surface area contributed by atoms with Crippen LogP contribution >= 0.6 is 0 Å². The molecule has 0 bridgehead atoms. The summed E-state index contributed by atoms with van der Waals surface area (Å²) in [7, 11) is 1.58. The molecule has 0 unspecified atom stereocenters. The molecule has 0 saturated heterocycles. The third-order valence-electron chi connectivity index (χ3n) is 4.63. The highest BCUT2D eigenvalue weighted by Crippen LogP contribution is 2.27. The predicted molar refractivity (Wildman–Crippen MR) is 112 cm³/mol. The fourth-order valence-electron chi connectivity index (χ4n) is 3.14. The first kappa shape index (κ1) is 19.3. The number of methoxy groups -OCH3 is 1. The molecule has 1 amide bonds. The van der Waals surface area contributed by atoms with Crippen LogP contribution in [0.25, 0.3) is 22.3 Å². The van der Waals surface area contributed by atoms with Crippen LogP contribution in [0.15, 0.2) is 59.7 Å². The molecule has 4 rings (SSSR count). The molecule has 2 aromatic carbocycles. The van der Waals surface area contributed by atoms with Crippen molar-refractivity contribution in [1.82, 2.24) is 24.7 Å². The molecule has 0 spiro atoms. The standard InChI is InChI=1S/C21H20N6O3/c1-30-17-10-5-3-8-15(17)19-24-21(26-25-19)23-18(28)11-6-12-27-13-22-16-9-4-2-7-14(16)20(27)29/h2-5,7-10,13H,6,11-12H2,1H3,(H2,23,24,25,26,28). The van der Waals surface area contributed by atoms with E-state index < -0.39 is 0 Å². The summed E-state index contributed by atoms with van der Waals surface area (Å²) in [5.74, 6) is 1.10. The number of hydrogen-bond acceptors (Lipinski definition) is 6. The first-order chi connectivity index (χ1) is 14.7. The topological polar surface area (TPSA) is 115 Å². The van der Waals surface area contributed by atoms with Crippen molar-refractivity contribution >= 4 is 22.8 Å². The Balaban J connectivity index is 1.35. The van der Waals surface area contributed by atoms with Gasteiger partial charge in [-0.15, -0.1) is 5.10 Å². The second-order valence-electron chi connectivity index (χ2n) is 6.62. The fraction of sp³-hybridized carbons (Fsp3) is 0.190. The van der Waals surface area contributed by atoms with Crippen LogP contribution < -0.4 is 15.6 Å². The molecule has 0 aliphatic heterocycles. The molecule has 0 radical (unpaired) electrons. The molecule has 2 heterocycles. The molecule has 30 heavy (non-hydrogen) atoms. The zero-order valence-corrected chi connectivity index (χ0v) is 16.3. The van der Waals surface area contributed by atoms with E-state index in [1.165, 1.54) is 10.9 Å². The number of nitrogens with zero attached hydrogens (tertiary/aromatic N) is 4. The first-order valence-electron chi connectivity index (χ1n) is 9.45. The summed E-state index contributed by atoms with van der Waals surface area (Å²) >= 11 is 0. The second kappa shape index (κ2) is 8.56. The van der Waals surface area contributed by atoms with Crippen LogP contribution in [0, 0.1) is 0 Å². The van der Waals surface area contributed by atoms with Crippen LogP contribution in [0.5, 0.6) is 5.75 Å². The van der Waals surface area contributed by atoms with Gasteiger partial charge in [0.15, 0.2) is 5.82 Å². The summed E-state index contributed by atoms with van der Waals surface area (Å²) in [6.07, 6.45) is 2.21. The third kappa shape index (κ3) is 4.04. The SMILES string of the molecule is COc1ccccc1-c1nc(NC(=O)CCCn2cnc3ccccc3c2=O)n[nH]1. The van der Waals surface area contributed by atoms with Gasteiger partial charge in [0.1, 0.15) is 5.75 Å². The molecule has 4 aromatic rings. The van der Waals surface area contributed by atoms with Crippen molar-refractivity contribution in [2.75, 3.05) is 12.4 Å². The maximum atomic E-state index is 12.5. The molecular weight excluding hydrogens is 384 g/mol. The molecule has 0 aliphatic rings. The average molecular weight is 404 g/mol. The van der Waals surface area contributed by atoms with Crippen LogP contribution in [0.3, 0.4) is 0 Å². The second-order valence-corrected chi connectivity index (χ2v) is 6.62. The van der Waals surface area contributed by atoms with Gasteiger partial charge in [0.05, 0.1) is 29.9 Å². The molecule has 0 aliphatic carbocycles. The van der Waals surface area contributed by atoms with Crippen LogP contribution in [-0.4, -0.2) is 37.7 Å². The number of amides is 1. The Labute approximate surface area is 171 Å². The molecular formula is C21H20N6O3. The lowest BCUT2D eigenvalue weighted by Crippen LogP contribution is -2.21. The van der Waals surface area contributed by atoms with Crippen LogP contribution in [-0.2, 0) is 11.3 Å². The van der Waals surface area contributed by atoms with Gasteiger partial charge in [-0.25, -0.2) is 4.98 Å². The lowest BCUT2D eigenvalue weighted by atomic mass is 10.2. The van der Waals surface area contributed by atoms with Gasteiger partial charge in [0, 0.05) is 13.0 Å². The Morgan fingerprint density at radius 1 is 1.17 bits per heavy atom. The van der Waals surface area contributed by atoms with Crippen molar-refractivity contribution in [3.63, 3.8) is 0 Å². The van der Waals surface area contributed by atoms with E-state index in [1.807, 2.05) is 30.3 Å². The number of H-pyrrole nitrogens is 1. The van der Waals surface area contributed by atoms with E-state index in [-0.39, 0.29) is 23.8 Å². The lowest BCUT2D eigenvalue weighted by molar-refractivity contribution is -0.116. The maximum Gasteiger partial charge on any atom is 0.261 e. The molecule has 2 aromatic heterocycles. The third-order valence-corrected chi connectivity index (χ3v) is 4.63. The molecule has 9 nitrogen and oxygen atoms in total. The Morgan fingerprint density at radius 3 is 2.83 bits per heavy atom. The van der Waals surface area contributed by atoms with Gasteiger partial charge in [0.2, 0.25) is 11.9 Å². The van der Waals surface area contributed by atoms with Gasteiger partial charge in [-0.05, 0) is 30.7 Å². The van der Waals surface area contributed by atoms with E-state index in [1.54, 1.807) is 25.3 Å². The molecule has 152 valence electrons.